The molecule has 109 valence electrons. The number of benzene rings is 1. The zero-order valence-electron chi connectivity index (χ0n) is 11.8. The molecule has 1 aromatic carbocycles. The van der Waals surface area contributed by atoms with Crippen molar-refractivity contribution in [3.63, 3.8) is 0 Å². The molecule has 5 nitrogen and oxygen atoms in total. The topological polar surface area (TPSA) is 72.8 Å². The summed E-state index contributed by atoms with van der Waals surface area (Å²) < 4.78 is 10.7. The molecule has 2 atom stereocenters. The van der Waals surface area contributed by atoms with Gasteiger partial charge in [0.1, 0.15) is 0 Å². The first-order chi connectivity index (χ1) is 9.47. The summed E-state index contributed by atoms with van der Waals surface area (Å²) in [5.41, 5.74) is 0.226. The first-order valence-electron chi connectivity index (χ1n) is 6.47. The third kappa shape index (κ3) is 4.66. The SMILES string of the molecule is C[CH]C(OC(=O)c1cccc(C(=O)O)c1)OC(C)CC. The van der Waals surface area contributed by atoms with Crippen molar-refractivity contribution in [2.45, 2.75) is 39.6 Å². The molecule has 20 heavy (non-hydrogen) atoms. The molecule has 0 aliphatic rings. The molecule has 5 heteroatoms. The number of hydrogen-bond acceptors (Lipinski definition) is 4. The number of esters is 1. The van der Waals surface area contributed by atoms with Gasteiger partial charge in [-0.05, 0) is 31.5 Å². The Balaban J connectivity index is 2.74. The maximum atomic E-state index is 11.9. The van der Waals surface area contributed by atoms with E-state index in [0.29, 0.717) is 0 Å². The summed E-state index contributed by atoms with van der Waals surface area (Å²) in [4.78, 5) is 22.8. The maximum Gasteiger partial charge on any atom is 0.340 e. The van der Waals surface area contributed by atoms with Crippen molar-refractivity contribution in [1.29, 1.82) is 0 Å². The van der Waals surface area contributed by atoms with Gasteiger partial charge in [-0.25, -0.2) is 9.59 Å². The zero-order valence-corrected chi connectivity index (χ0v) is 11.8. The summed E-state index contributed by atoms with van der Waals surface area (Å²) >= 11 is 0. The van der Waals surface area contributed by atoms with E-state index in [1.165, 1.54) is 24.3 Å². The Bertz CT molecular complexity index is 469. The highest BCUT2D eigenvalue weighted by Gasteiger charge is 2.18. The predicted molar refractivity (Wildman–Crippen MR) is 73.4 cm³/mol. The van der Waals surface area contributed by atoms with Crippen molar-refractivity contribution in [1.82, 2.24) is 0 Å². The van der Waals surface area contributed by atoms with Gasteiger partial charge in [0.25, 0.3) is 0 Å². The average Bonchev–Trinajstić information content (AvgIpc) is 2.46. The Morgan fingerprint density at radius 2 is 2.00 bits per heavy atom. The lowest BCUT2D eigenvalue weighted by atomic mass is 10.1. The van der Waals surface area contributed by atoms with Gasteiger partial charge in [-0.1, -0.05) is 19.9 Å². The minimum absolute atomic E-state index is 0.0330. The van der Waals surface area contributed by atoms with E-state index < -0.39 is 18.2 Å². The molecule has 0 heterocycles. The minimum atomic E-state index is -1.09. The number of ether oxygens (including phenoxy) is 2. The third-order valence-electron chi connectivity index (χ3n) is 2.78. The minimum Gasteiger partial charge on any atom is -0.478 e. The van der Waals surface area contributed by atoms with Crippen LogP contribution in [0, 0.1) is 6.42 Å². The first kappa shape index (κ1) is 16.2. The predicted octanol–water partition coefficient (Wildman–Crippen LogP) is 2.91. The molecule has 1 aromatic rings. The summed E-state index contributed by atoms with van der Waals surface area (Å²) in [7, 11) is 0. The third-order valence-corrected chi connectivity index (χ3v) is 2.78. The van der Waals surface area contributed by atoms with Crippen molar-refractivity contribution >= 4 is 11.9 Å². The van der Waals surface area contributed by atoms with Gasteiger partial charge in [0.2, 0.25) is 6.29 Å². The van der Waals surface area contributed by atoms with E-state index in [0.717, 1.165) is 6.42 Å². The molecule has 0 spiro atoms. The molecule has 1 rings (SSSR count). The van der Waals surface area contributed by atoms with E-state index in [1.54, 1.807) is 13.3 Å². The lowest BCUT2D eigenvalue weighted by Gasteiger charge is -2.20. The van der Waals surface area contributed by atoms with Gasteiger partial charge in [-0.3, -0.25) is 0 Å². The van der Waals surface area contributed by atoms with Crippen molar-refractivity contribution in [2.24, 2.45) is 0 Å². The number of hydrogen-bond donors (Lipinski definition) is 1. The van der Waals surface area contributed by atoms with E-state index in [4.69, 9.17) is 14.6 Å². The van der Waals surface area contributed by atoms with Gasteiger partial charge in [0.05, 0.1) is 17.2 Å². The maximum absolute atomic E-state index is 11.9. The molecular formula is C15H19O5. The van der Waals surface area contributed by atoms with E-state index >= 15 is 0 Å². The number of carbonyl (C=O) groups is 2. The highest BCUT2D eigenvalue weighted by atomic mass is 16.7. The smallest absolute Gasteiger partial charge is 0.340 e. The molecule has 1 N–H and O–H groups in total. The number of rotatable bonds is 7. The Labute approximate surface area is 118 Å². The molecule has 0 amide bonds. The molecule has 0 saturated heterocycles. The van der Waals surface area contributed by atoms with Crippen LogP contribution >= 0.6 is 0 Å². The van der Waals surface area contributed by atoms with Gasteiger partial charge < -0.3 is 14.6 Å². The second-order valence-corrected chi connectivity index (χ2v) is 4.35. The Morgan fingerprint density at radius 1 is 1.35 bits per heavy atom. The van der Waals surface area contributed by atoms with E-state index in [-0.39, 0.29) is 17.2 Å². The monoisotopic (exact) mass is 279 g/mol. The highest BCUT2D eigenvalue weighted by molar-refractivity contribution is 5.94. The normalized spacial score (nSPS) is 13.6. The summed E-state index contributed by atoms with van der Waals surface area (Å²) in [6.07, 6.45) is 1.65. The summed E-state index contributed by atoms with van der Waals surface area (Å²) in [5, 5.41) is 8.89. The van der Waals surface area contributed by atoms with Crippen LogP contribution in [0.15, 0.2) is 24.3 Å². The Hall–Kier alpha value is -1.88. The van der Waals surface area contributed by atoms with Crippen molar-refractivity contribution in [2.75, 3.05) is 0 Å². The number of carbonyl (C=O) groups excluding carboxylic acids is 1. The van der Waals surface area contributed by atoms with E-state index in [1.807, 2.05) is 13.8 Å². The molecule has 0 aliphatic carbocycles. The van der Waals surface area contributed by atoms with Gasteiger partial charge in [-0.15, -0.1) is 0 Å². The molecule has 0 aromatic heterocycles. The number of aromatic carboxylic acids is 1. The highest BCUT2D eigenvalue weighted by Crippen LogP contribution is 2.12. The summed E-state index contributed by atoms with van der Waals surface area (Å²) in [6, 6.07) is 5.70. The zero-order chi connectivity index (χ0) is 15.1. The van der Waals surface area contributed by atoms with Crippen LogP contribution in [-0.2, 0) is 9.47 Å². The molecule has 1 radical (unpaired) electrons. The van der Waals surface area contributed by atoms with Crippen LogP contribution in [0.1, 0.15) is 47.9 Å². The first-order valence-corrected chi connectivity index (χ1v) is 6.47. The van der Waals surface area contributed by atoms with Gasteiger partial charge in [-0.2, -0.15) is 0 Å². The van der Waals surface area contributed by atoms with Crippen molar-refractivity contribution < 1.29 is 24.2 Å². The molecule has 0 saturated carbocycles. The average molecular weight is 279 g/mol. The molecular weight excluding hydrogens is 260 g/mol. The quantitative estimate of drug-likeness (QED) is 0.613. The van der Waals surface area contributed by atoms with Crippen LogP contribution in [-0.4, -0.2) is 29.4 Å². The fourth-order valence-corrected chi connectivity index (χ4v) is 1.45. The van der Waals surface area contributed by atoms with Crippen LogP contribution in [0.3, 0.4) is 0 Å². The van der Waals surface area contributed by atoms with Crippen LogP contribution < -0.4 is 0 Å². The van der Waals surface area contributed by atoms with Crippen molar-refractivity contribution in [3.8, 4) is 0 Å². The van der Waals surface area contributed by atoms with Crippen LogP contribution in [0.2, 0.25) is 0 Å². The number of carboxylic acid groups (broad SMARTS) is 1. The lowest BCUT2D eigenvalue weighted by molar-refractivity contribution is -0.118. The second kappa shape index (κ2) is 7.65. The molecule has 2 unspecified atom stereocenters. The fourth-order valence-electron chi connectivity index (χ4n) is 1.45. The largest absolute Gasteiger partial charge is 0.478 e. The fraction of sp³-hybridized carbons (Fsp3) is 0.400. The molecule has 0 aliphatic heterocycles. The van der Waals surface area contributed by atoms with E-state index in [2.05, 4.69) is 0 Å². The van der Waals surface area contributed by atoms with Gasteiger partial charge >= 0.3 is 11.9 Å². The summed E-state index contributed by atoms with van der Waals surface area (Å²) in [6.45, 7) is 5.58. The van der Waals surface area contributed by atoms with Gasteiger partial charge in [0.15, 0.2) is 0 Å². The van der Waals surface area contributed by atoms with Crippen LogP contribution in [0.5, 0.6) is 0 Å². The Morgan fingerprint density at radius 3 is 2.55 bits per heavy atom. The molecule has 0 fully saturated rings. The van der Waals surface area contributed by atoms with E-state index in [9.17, 15) is 9.59 Å². The Kier molecular flexibility index (Phi) is 6.18. The second-order valence-electron chi connectivity index (χ2n) is 4.35. The molecule has 0 bridgehead atoms. The number of carboxylic acids is 1. The standard InChI is InChI=1S/C15H19O5/c1-4-10(3)19-13(5-2)20-15(18)12-8-6-7-11(9-12)14(16)17/h5-10,13H,4H2,1-3H3,(H,16,17). The van der Waals surface area contributed by atoms with Gasteiger partial charge in [0, 0.05) is 6.42 Å². The summed E-state index contributed by atoms with van der Waals surface area (Å²) in [5.74, 6) is -1.70. The van der Waals surface area contributed by atoms with Crippen molar-refractivity contribution in [3.05, 3.63) is 41.8 Å². The van der Waals surface area contributed by atoms with Crippen LogP contribution in [0.4, 0.5) is 0 Å². The van der Waals surface area contributed by atoms with Crippen LogP contribution in [0.25, 0.3) is 0 Å². The lowest BCUT2D eigenvalue weighted by Crippen LogP contribution is -2.25.